The monoisotopic (exact) mass is 658 g/mol. The van der Waals surface area contributed by atoms with Gasteiger partial charge in [0.25, 0.3) is 0 Å². The van der Waals surface area contributed by atoms with Crippen LogP contribution < -0.4 is 9.62 Å². The Balaban J connectivity index is 1.52. The maximum atomic E-state index is 14.1. The smallest absolute Gasteiger partial charge is 0.410 e. The van der Waals surface area contributed by atoms with E-state index >= 15 is 0 Å². The summed E-state index contributed by atoms with van der Waals surface area (Å²) in [7, 11) is 0. The normalized spacial score (nSPS) is 20.8. The van der Waals surface area contributed by atoms with Crippen LogP contribution in [0, 0.1) is 18.8 Å². The Bertz CT molecular complexity index is 1330. The third-order valence-corrected chi connectivity index (χ3v) is 10.3. The molecule has 2 heterocycles. The quantitative estimate of drug-likeness (QED) is 0.333. The molecule has 2 amide bonds. The summed E-state index contributed by atoms with van der Waals surface area (Å²) in [6, 6.07) is 14.0. The van der Waals surface area contributed by atoms with Crippen LogP contribution in [-0.4, -0.2) is 76.0 Å². The van der Waals surface area contributed by atoms with Gasteiger partial charge in [-0.15, -0.1) is 4.72 Å². The fourth-order valence-corrected chi connectivity index (χ4v) is 7.15. The largest absolute Gasteiger partial charge is 0.598 e. The molecule has 0 aromatic heterocycles. The van der Waals surface area contributed by atoms with E-state index in [1.807, 2.05) is 70.7 Å². The van der Waals surface area contributed by atoms with Crippen LogP contribution in [0.15, 0.2) is 42.5 Å². The minimum Gasteiger partial charge on any atom is -0.598 e. The lowest BCUT2D eigenvalue weighted by atomic mass is 9.88. The van der Waals surface area contributed by atoms with E-state index in [1.54, 1.807) is 4.90 Å². The third kappa shape index (κ3) is 8.88. The van der Waals surface area contributed by atoms with E-state index in [2.05, 4.69) is 48.6 Å². The van der Waals surface area contributed by atoms with Gasteiger partial charge >= 0.3 is 6.09 Å². The van der Waals surface area contributed by atoms with E-state index in [0.29, 0.717) is 44.3 Å². The van der Waals surface area contributed by atoms with Crippen LogP contribution in [0.1, 0.15) is 84.0 Å². The van der Waals surface area contributed by atoms with Crippen LogP contribution in [0.2, 0.25) is 5.02 Å². The molecule has 2 aromatic rings. The lowest BCUT2D eigenvalue weighted by Crippen LogP contribution is -2.51. The van der Waals surface area contributed by atoms with Crippen molar-refractivity contribution in [3.8, 4) is 0 Å². The fourth-order valence-electron chi connectivity index (χ4n) is 6.04. The Kier molecular flexibility index (Phi) is 11.1. The number of hydrogen-bond donors (Lipinski definition) is 1. The predicted octanol–water partition coefficient (Wildman–Crippen LogP) is 6.70. The number of nitrogens with zero attached hydrogens (tertiary/aromatic N) is 3. The summed E-state index contributed by atoms with van der Waals surface area (Å²) in [4.78, 5) is 33.1. The number of anilines is 1. The average Bonchev–Trinajstić information content (AvgIpc) is 3.40. The summed E-state index contributed by atoms with van der Waals surface area (Å²) in [5, 5.41) is 0.634. The number of piperazine rings is 1. The lowest BCUT2D eigenvalue weighted by Gasteiger charge is -2.40. The van der Waals surface area contributed by atoms with Gasteiger partial charge in [-0.3, -0.25) is 4.79 Å². The predicted molar refractivity (Wildman–Crippen MR) is 184 cm³/mol. The van der Waals surface area contributed by atoms with Crippen LogP contribution in [0.4, 0.5) is 10.5 Å². The third-order valence-electron chi connectivity index (χ3n) is 8.49. The van der Waals surface area contributed by atoms with Crippen LogP contribution in [0.5, 0.6) is 0 Å². The molecule has 0 radical (unpaired) electrons. The fraction of sp³-hybridized carbons (Fsp3) is 0.600. The molecular weight excluding hydrogens is 608 g/mol. The second kappa shape index (κ2) is 14.1. The molecule has 4 rings (SSSR count). The van der Waals surface area contributed by atoms with E-state index in [9.17, 15) is 14.1 Å². The van der Waals surface area contributed by atoms with Gasteiger partial charge in [-0.2, -0.15) is 0 Å². The Hall–Kier alpha value is -2.46. The molecule has 2 fully saturated rings. The first-order chi connectivity index (χ1) is 20.9. The number of rotatable bonds is 7. The van der Waals surface area contributed by atoms with Crippen LogP contribution in [0.25, 0.3) is 0 Å². The summed E-state index contributed by atoms with van der Waals surface area (Å²) >= 11 is 4.95. The van der Waals surface area contributed by atoms with Crippen molar-refractivity contribution in [2.24, 2.45) is 11.8 Å². The first-order valence-corrected chi connectivity index (χ1v) is 17.5. The maximum Gasteiger partial charge on any atom is 0.410 e. The zero-order valence-corrected chi connectivity index (χ0v) is 29.9. The SMILES string of the molecule is Cc1ccc(N2CCN(C(=O)C3CN(C(=O)OC(C)(C)C)CC3c3ccc(Cl)cc3)CC2)c([C@@H](N[S@@+]([O-])C(C)(C)C)C(C)C)c1. The zero-order chi connectivity index (χ0) is 33.3. The standard InChI is InChI=1S/C35H51ClN4O4S/c1-23(2)31(37-45(43)35(7,8)9)27-20-24(3)10-15-30(27)38-16-18-39(19-17-38)32(41)29-22-40(33(42)44-34(4,5)6)21-28(29)25-11-13-26(36)14-12-25/h10-15,20,23,28-29,31,37H,16-19,21-22H2,1-9H3/t28?,29?,31-,45-/m0/s1. The van der Waals surface area contributed by atoms with Gasteiger partial charge in [-0.25, -0.2) is 4.79 Å². The molecular formula is C35H51ClN4O4S. The van der Waals surface area contributed by atoms with Crippen LogP contribution >= 0.6 is 11.6 Å². The molecule has 45 heavy (non-hydrogen) atoms. The van der Waals surface area contributed by atoms with Crippen molar-refractivity contribution in [1.29, 1.82) is 0 Å². The topological polar surface area (TPSA) is 88.2 Å². The van der Waals surface area contributed by atoms with Crippen molar-refractivity contribution in [3.63, 3.8) is 0 Å². The number of likely N-dealkylation sites (tertiary alicyclic amines) is 1. The number of aryl methyl sites for hydroxylation is 1. The molecule has 2 saturated heterocycles. The molecule has 2 aliphatic rings. The number of halogens is 1. The maximum absolute atomic E-state index is 14.1. The Labute approximate surface area is 278 Å². The number of amides is 2. The second-order valence-corrected chi connectivity index (χ2v) is 17.2. The molecule has 2 unspecified atom stereocenters. The van der Waals surface area contributed by atoms with Crippen molar-refractivity contribution < 1.29 is 18.9 Å². The molecule has 1 N–H and O–H groups in total. The Morgan fingerprint density at radius 3 is 2.13 bits per heavy atom. The van der Waals surface area contributed by atoms with Crippen molar-refractivity contribution >= 4 is 40.7 Å². The lowest BCUT2D eigenvalue weighted by molar-refractivity contribution is -0.135. The first kappa shape index (κ1) is 35.4. The van der Waals surface area contributed by atoms with Crippen molar-refractivity contribution in [1.82, 2.24) is 14.5 Å². The minimum absolute atomic E-state index is 0.0621. The van der Waals surface area contributed by atoms with E-state index in [0.717, 1.165) is 22.4 Å². The van der Waals surface area contributed by atoms with Gasteiger partial charge < -0.3 is 24.0 Å². The van der Waals surface area contributed by atoms with Crippen molar-refractivity contribution in [3.05, 3.63) is 64.2 Å². The van der Waals surface area contributed by atoms with E-state index in [1.165, 1.54) is 0 Å². The highest BCUT2D eigenvalue weighted by Gasteiger charge is 2.44. The van der Waals surface area contributed by atoms with Gasteiger partial charge in [0.2, 0.25) is 5.91 Å². The van der Waals surface area contributed by atoms with E-state index in [-0.39, 0.29) is 34.4 Å². The molecule has 2 aromatic carbocycles. The molecule has 10 heteroatoms. The van der Waals surface area contributed by atoms with Gasteiger partial charge in [0.1, 0.15) is 10.3 Å². The highest BCUT2D eigenvalue weighted by molar-refractivity contribution is 7.90. The Morgan fingerprint density at radius 1 is 0.956 bits per heavy atom. The number of carbonyl (C=O) groups is 2. The first-order valence-electron chi connectivity index (χ1n) is 16.0. The van der Waals surface area contributed by atoms with Gasteiger partial charge in [0, 0.05) is 67.3 Å². The minimum atomic E-state index is -1.22. The second-order valence-electron chi connectivity index (χ2n) is 14.7. The summed E-state index contributed by atoms with van der Waals surface area (Å²) < 4.78 is 21.9. The molecule has 8 nitrogen and oxygen atoms in total. The number of ether oxygens (including phenoxy) is 1. The summed E-state index contributed by atoms with van der Waals surface area (Å²) in [5.74, 6) is -0.237. The van der Waals surface area contributed by atoms with E-state index in [4.69, 9.17) is 16.3 Å². The summed E-state index contributed by atoms with van der Waals surface area (Å²) in [6.45, 7) is 21.1. The molecule has 0 saturated carbocycles. The Morgan fingerprint density at radius 2 is 1.58 bits per heavy atom. The number of carbonyl (C=O) groups excluding carboxylic acids is 2. The molecule has 0 bridgehead atoms. The zero-order valence-electron chi connectivity index (χ0n) is 28.4. The molecule has 0 spiro atoms. The van der Waals surface area contributed by atoms with Gasteiger partial charge in [-0.05, 0) is 83.7 Å². The van der Waals surface area contributed by atoms with E-state index < -0.39 is 23.1 Å². The molecule has 0 aliphatic carbocycles. The molecule has 4 atom stereocenters. The molecule has 248 valence electrons. The van der Waals surface area contributed by atoms with Crippen molar-refractivity contribution in [2.45, 2.75) is 84.6 Å². The highest BCUT2D eigenvalue weighted by Crippen LogP contribution is 2.37. The number of hydrogen-bond acceptors (Lipinski definition) is 6. The van der Waals surface area contributed by atoms with Crippen LogP contribution in [-0.2, 0) is 20.9 Å². The summed E-state index contributed by atoms with van der Waals surface area (Å²) in [5.41, 5.74) is 3.77. The summed E-state index contributed by atoms with van der Waals surface area (Å²) in [6.07, 6.45) is -0.394. The van der Waals surface area contributed by atoms with Gasteiger partial charge in [0.15, 0.2) is 0 Å². The van der Waals surface area contributed by atoms with Crippen LogP contribution in [0.3, 0.4) is 0 Å². The van der Waals surface area contributed by atoms with Gasteiger partial charge in [-0.1, -0.05) is 55.3 Å². The molecule has 2 aliphatic heterocycles. The van der Waals surface area contributed by atoms with Crippen molar-refractivity contribution in [2.75, 3.05) is 44.2 Å². The highest BCUT2D eigenvalue weighted by atomic mass is 35.5. The van der Waals surface area contributed by atoms with Gasteiger partial charge in [0.05, 0.1) is 12.0 Å². The average molecular weight is 659 g/mol. The number of benzene rings is 2. The number of nitrogens with one attached hydrogen (secondary N) is 1.